The minimum absolute atomic E-state index is 0.288. The van der Waals surface area contributed by atoms with Gasteiger partial charge >= 0.3 is 0 Å². The Morgan fingerprint density at radius 1 is 0.900 bits per heavy atom. The van der Waals surface area contributed by atoms with Crippen LogP contribution in [0.15, 0.2) is 82.2 Å². The van der Waals surface area contributed by atoms with Crippen LogP contribution in [0.4, 0.5) is 0 Å². The van der Waals surface area contributed by atoms with E-state index in [0.29, 0.717) is 24.7 Å². The van der Waals surface area contributed by atoms with Crippen LogP contribution in [0.3, 0.4) is 0 Å². The van der Waals surface area contributed by atoms with Crippen molar-refractivity contribution in [2.24, 2.45) is 0 Å². The summed E-state index contributed by atoms with van der Waals surface area (Å²) in [6.45, 7) is 0.433. The maximum absolute atomic E-state index is 13.5. The molecule has 1 fully saturated rings. The molecule has 1 unspecified atom stereocenters. The Hall–Kier alpha value is -3.03. The zero-order valence-corrected chi connectivity index (χ0v) is 17.1. The third-order valence-corrected chi connectivity index (χ3v) is 7.44. The highest BCUT2D eigenvalue weighted by molar-refractivity contribution is 7.89. The van der Waals surface area contributed by atoms with Crippen LogP contribution in [0, 0.1) is 0 Å². The topological polar surface area (TPSA) is 76.3 Å². The largest absolute Gasteiger partial charge is 0.337 e. The van der Waals surface area contributed by atoms with Gasteiger partial charge in [-0.1, -0.05) is 72.2 Å². The number of piperidine rings is 1. The fraction of sp³-hybridized carbons (Fsp3) is 0.217. The van der Waals surface area contributed by atoms with Gasteiger partial charge < -0.3 is 4.52 Å². The van der Waals surface area contributed by atoms with Gasteiger partial charge in [-0.25, -0.2) is 8.42 Å². The summed E-state index contributed by atoms with van der Waals surface area (Å²) < 4.78 is 34.1. The molecule has 1 atom stereocenters. The van der Waals surface area contributed by atoms with Gasteiger partial charge in [0.1, 0.15) is 6.04 Å². The van der Waals surface area contributed by atoms with Crippen molar-refractivity contribution in [1.82, 2.24) is 14.4 Å². The quantitative estimate of drug-likeness (QED) is 0.475. The number of fused-ring (bicyclic) bond motifs is 1. The molecule has 7 heteroatoms. The van der Waals surface area contributed by atoms with E-state index in [-0.39, 0.29) is 4.90 Å². The summed E-state index contributed by atoms with van der Waals surface area (Å²) in [5, 5.41) is 5.99. The van der Waals surface area contributed by atoms with E-state index in [4.69, 9.17) is 4.52 Å². The highest BCUT2D eigenvalue weighted by Crippen LogP contribution is 2.36. The van der Waals surface area contributed by atoms with Crippen molar-refractivity contribution in [2.45, 2.75) is 30.2 Å². The number of hydrogen-bond donors (Lipinski definition) is 0. The fourth-order valence-electron chi connectivity index (χ4n) is 3.98. The van der Waals surface area contributed by atoms with Gasteiger partial charge in [0, 0.05) is 12.1 Å². The lowest BCUT2D eigenvalue weighted by molar-refractivity contribution is 0.204. The first-order chi connectivity index (χ1) is 14.6. The Balaban J connectivity index is 1.51. The number of hydrogen-bond acceptors (Lipinski definition) is 5. The second-order valence-electron chi connectivity index (χ2n) is 7.46. The van der Waals surface area contributed by atoms with Crippen LogP contribution in [-0.2, 0) is 10.0 Å². The Morgan fingerprint density at radius 3 is 2.50 bits per heavy atom. The number of nitrogens with zero attached hydrogens (tertiary/aromatic N) is 3. The maximum atomic E-state index is 13.5. The molecule has 1 aliphatic heterocycles. The first kappa shape index (κ1) is 19.0. The Morgan fingerprint density at radius 2 is 1.67 bits per heavy atom. The third-order valence-electron chi connectivity index (χ3n) is 5.54. The lowest BCUT2D eigenvalue weighted by Crippen LogP contribution is -2.38. The summed E-state index contributed by atoms with van der Waals surface area (Å²) in [5.41, 5.74) is 0.840. The van der Waals surface area contributed by atoms with Crippen LogP contribution < -0.4 is 0 Å². The fourth-order valence-corrected chi connectivity index (χ4v) is 5.66. The molecule has 1 aromatic heterocycles. The van der Waals surface area contributed by atoms with Crippen molar-refractivity contribution >= 4 is 20.8 Å². The molecule has 2 heterocycles. The van der Waals surface area contributed by atoms with Crippen molar-refractivity contribution < 1.29 is 12.9 Å². The minimum atomic E-state index is -3.70. The lowest BCUT2D eigenvalue weighted by atomic mass is 10.1. The Labute approximate surface area is 175 Å². The highest BCUT2D eigenvalue weighted by atomic mass is 32.2. The standard InChI is InChI=1S/C23H21N3O3S/c27-30(28,20-14-13-17-8-4-5-11-19(17)16-20)26-15-7-6-12-21(26)23-24-22(25-29-23)18-9-2-1-3-10-18/h1-5,8-11,13-14,16,21H,6-7,12,15H2. The summed E-state index contributed by atoms with van der Waals surface area (Å²) >= 11 is 0. The van der Waals surface area contributed by atoms with E-state index in [1.165, 1.54) is 4.31 Å². The molecule has 0 N–H and O–H groups in total. The van der Waals surface area contributed by atoms with Crippen molar-refractivity contribution in [3.63, 3.8) is 0 Å². The molecule has 1 aliphatic rings. The molecule has 0 bridgehead atoms. The van der Waals surface area contributed by atoms with Crippen LogP contribution in [0.5, 0.6) is 0 Å². The Kier molecular flexibility index (Phi) is 4.84. The normalized spacial score (nSPS) is 17.9. The van der Waals surface area contributed by atoms with Crippen LogP contribution in [0.25, 0.3) is 22.2 Å². The first-order valence-corrected chi connectivity index (χ1v) is 11.5. The second kappa shape index (κ2) is 7.66. The van der Waals surface area contributed by atoms with Gasteiger partial charge in [0.05, 0.1) is 4.90 Å². The van der Waals surface area contributed by atoms with E-state index >= 15 is 0 Å². The van der Waals surface area contributed by atoms with Crippen LogP contribution >= 0.6 is 0 Å². The van der Waals surface area contributed by atoms with E-state index in [9.17, 15) is 8.42 Å². The third kappa shape index (κ3) is 3.40. The summed E-state index contributed by atoms with van der Waals surface area (Å²) in [5.74, 6) is 0.817. The van der Waals surface area contributed by atoms with Crippen molar-refractivity contribution in [2.75, 3.05) is 6.54 Å². The van der Waals surface area contributed by atoms with Gasteiger partial charge in [0.15, 0.2) is 0 Å². The first-order valence-electron chi connectivity index (χ1n) is 10.0. The van der Waals surface area contributed by atoms with Crippen LogP contribution in [0.2, 0.25) is 0 Å². The molecule has 6 nitrogen and oxygen atoms in total. The van der Waals surface area contributed by atoms with Gasteiger partial charge in [-0.05, 0) is 35.7 Å². The van der Waals surface area contributed by atoms with E-state index in [1.54, 1.807) is 12.1 Å². The summed E-state index contributed by atoms with van der Waals surface area (Å²) in [6.07, 6.45) is 2.38. The number of rotatable bonds is 4. The predicted octanol–water partition coefficient (Wildman–Crippen LogP) is 4.81. The molecule has 0 spiro atoms. The molecule has 152 valence electrons. The highest BCUT2D eigenvalue weighted by Gasteiger charge is 2.37. The number of aromatic nitrogens is 2. The average molecular weight is 420 g/mol. The van der Waals surface area contributed by atoms with Gasteiger partial charge in [0.2, 0.25) is 21.7 Å². The molecule has 0 saturated carbocycles. The smallest absolute Gasteiger partial charge is 0.245 e. The molecular weight excluding hydrogens is 398 g/mol. The van der Waals surface area contributed by atoms with Gasteiger partial charge in [-0.2, -0.15) is 9.29 Å². The molecular formula is C23H21N3O3S. The zero-order valence-electron chi connectivity index (χ0n) is 16.3. The van der Waals surface area contributed by atoms with Crippen LogP contribution in [0.1, 0.15) is 31.2 Å². The SMILES string of the molecule is O=S(=O)(c1ccc2ccccc2c1)N1CCCCC1c1nc(-c2ccccc2)no1. The average Bonchev–Trinajstić information content (AvgIpc) is 3.29. The Bertz CT molecular complexity index is 1290. The van der Waals surface area contributed by atoms with E-state index in [1.807, 2.05) is 60.7 Å². The van der Waals surface area contributed by atoms with Gasteiger partial charge in [-0.3, -0.25) is 0 Å². The number of benzene rings is 3. The minimum Gasteiger partial charge on any atom is -0.337 e. The molecule has 30 heavy (non-hydrogen) atoms. The number of sulfonamides is 1. The van der Waals surface area contributed by atoms with Gasteiger partial charge in [0.25, 0.3) is 0 Å². The molecule has 3 aromatic carbocycles. The van der Waals surface area contributed by atoms with Crippen LogP contribution in [-0.4, -0.2) is 29.4 Å². The summed E-state index contributed by atoms with van der Waals surface area (Å²) in [7, 11) is -3.70. The molecule has 0 radical (unpaired) electrons. The molecule has 0 aliphatic carbocycles. The molecule has 4 aromatic rings. The van der Waals surface area contributed by atoms with E-state index in [0.717, 1.165) is 29.2 Å². The predicted molar refractivity (Wildman–Crippen MR) is 114 cm³/mol. The second-order valence-corrected chi connectivity index (χ2v) is 9.35. The lowest BCUT2D eigenvalue weighted by Gasteiger charge is -2.32. The zero-order chi connectivity index (χ0) is 20.6. The van der Waals surface area contributed by atoms with Crippen molar-refractivity contribution in [3.05, 3.63) is 78.7 Å². The molecule has 0 amide bonds. The monoisotopic (exact) mass is 419 g/mol. The van der Waals surface area contributed by atoms with Crippen molar-refractivity contribution in [3.8, 4) is 11.4 Å². The maximum Gasteiger partial charge on any atom is 0.245 e. The summed E-state index contributed by atoms with van der Waals surface area (Å²) in [4.78, 5) is 4.82. The van der Waals surface area contributed by atoms with E-state index < -0.39 is 16.1 Å². The van der Waals surface area contributed by atoms with Crippen molar-refractivity contribution in [1.29, 1.82) is 0 Å². The van der Waals surface area contributed by atoms with E-state index in [2.05, 4.69) is 10.1 Å². The van der Waals surface area contributed by atoms with Gasteiger partial charge in [-0.15, -0.1) is 0 Å². The molecule has 5 rings (SSSR count). The molecule has 1 saturated heterocycles. The summed E-state index contributed by atoms with van der Waals surface area (Å²) in [6, 6.07) is 22.1.